The van der Waals surface area contributed by atoms with Gasteiger partial charge in [0.1, 0.15) is 0 Å². The molecule has 0 amide bonds. The van der Waals surface area contributed by atoms with E-state index >= 15 is 0 Å². The van der Waals surface area contributed by atoms with Crippen molar-refractivity contribution in [3.63, 3.8) is 0 Å². The normalized spacial score (nSPS) is 12.2. The van der Waals surface area contributed by atoms with Crippen molar-refractivity contribution in [1.82, 2.24) is 0 Å². The van der Waals surface area contributed by atoms with Gasteiger partial charge in [0.2, 0.25) is 0 Å². The van der Waals surface area contributed by atoms with E-state index in [0.717, 1.165) is 12.8 Å². The van der Waals surface area contributed by atoms with Gasteiger partial charge in [-0.3, -0.25) is 0 Å². The van der Waals surface area contributed by atoms with Gasteiger partial charge in [-0.05, 0) is 41.4 Å². The van der Waals surface area contributed by atoms with Gasteiger partial charge < -0.3 is 0 Å². The van der Waals surface area contributed by atoms with Crippen LogP contribution in [0, 0.1) is 0 Å². The molecule has 0 heteroatoms. The Bertz CT molecular complexity index is 438. The lowest BCUT2D eigenvalue weighted by Crippen LogP contribution is -2.10. The molecule has 1 aromatic rings. The summed E-state index contributed by atoms with van der Waals surface area (Å²) in [5.41, 5.74) is 4.49. The van der Waals surface area contributed by atoms with E-state index in [9.17, 15) is 0 Å². The van der Waals surface area contributed by atoms with Crippen molar-refractivity contribution in [2.45, 2.75) is 79.6 Å². The molecule has 1 rings (SSSR count). The first-order valence-corrected chi connectivity index (χ1v) is 8.92. The van der Waals surface area contributed by atoms with Crippen molar-refractivity contribution in [3.8, 4) is 0 Å². The highest BCUT2D eigenvalue weighted by molar-refractivity contribution is 5.32. The van der Waals surface area contributed by atoms with E-state index in [0.29, 0.717) is 0 Å². The Morgan fingerprint density at radius 3 is 2.05 bits per heavy atom. The zero-order valence-electron chi connectivity index (χ0n) is 15.9. The minimum absolute atomic E-state index is 0.238. The fourth-order valence-corrected chi connectivity index (χ4v) is 2.16. The van der Waals surface area contributed by atoms with Crippen LogP contribution in [0.2, 0.25) is 0 Å². The molecule has 0 spiro atoms. The fraction of sp³-hybridized carbons (Fsp3) is 0.545. The van der Waals surface area contributed by atoms with Crippen LogP contribution in [0.5, 0.6) is 0 Å². The molecule has 0 aliphatic rings. The maximum absolute atomic E-state index is 2.38. The quantitative estimate of drug-likeness (QED) is 0.485. The Hall–Kier alpha value is -1.30. The molecular weight excluding hydrogens is 264 g/mol. The Balaban J connectivity index is 0.00000211. The third-order valence-electron chi connectivity index (χ3n) is 3.49. The molecule has 1 aromatic carbocycles. The summed E-state index contributed by atoms with van der Waals surface area (Å²) in [7, 11) is 0. The van der Waals surface area contributed by atoms with E-state index in [1.54, 1.807) is 0 Å². The van der Waals surface area contributed by atoms with E-state index in [1.807, 2.05) is 13.8 Å². The van der Waals surface area contributed by atoms with Gasteiger partial charge in [-0.25, -0.2) is 0 Å². The van der Waals surface area contributed by atoms with Gasteiger partial charge in [0.05, 0.1) is 0 Å². The van der Waals surface area contributed by atoms with Crippen molar-refractivity contribution < 1.29 is 0 Å². The van der Waals surface area contributed by atoms with Crippen LogP contribution in [0.4, 0.5) is 0 Å². The fourth-order valence-electron chi connectivity index (χ4n) is 2.16. The Kier molecular flexibility index (Phi) is 10.6. The van der Waals surface area contributed by atoms with Crippen molar-refractivity contribution in [2.24, 2.45) is 0 Å². The predicted octanol–water partition coefficient (Wildman–Crippen LogP) is 7.25. The Morgan fingerprint density at radius 1 is 1.00 bits per heavy atom. The predicted molar refractivity (Wildman–Crippen MR) is 103 cm³/mol. The summed E-state index contributed by atoms with van der Waals surface area (Å²) in [5.74, 6) is 0. The van der Waals surface area contributed by atoms with Gasteiger partial charge >= 0.3 is 0 Å². The average Bonchev–Trinajstić information content (AvgIpc) is 2.51. The van der Waals surface area contributed by atoms with Gasteiger partial charge in [0.15, 0.2) is 0 Å². The van der Waals surface area contributed by atoms with Crippen LogP contribution >= 0.6 is 0 Å². The third-order valence-corrected chi connectivity index (χ3v) is 3.49. The largest absolute Gasteiger partial charge is 0.0845 e. The number of rotatable bonds is 6. The minimum atomic E-state index is 0.238. The molecule has 0 radical (unpaired) electrons. The summed E-state index contributed by atoms with van der Waals surface area (Å²) < 4.78 is 0. The van der Waals surface area contributed by atoms with Crippen molar-refractivity contribution in [1.29, 1.82) is 0 Å². The van der Waals surface area contributed by atoms with Crippen LogP contribution in [0.25, 0.3) is 0 Å². The van der Waals surface area contributed by atoms with Crippen LogP contribution in [0.15, 0.2) is 48.1 Å². The second-order valence-electron chi connectivity index (χ2n) is 6.50. The number of hydrogen-bond donors (Lipinski definition) is 0. The van der Waals surface area contributed by atoms with Crippen LogP contribution < -0.4 is 0 Å². The van der Waals surface area contributed by atoms with Gasteiger partial charge in [-0.2, -0.15) is 0 Å². The van der Waals surface area contributed by atoms with E-state index in [-0.39, 0.29) is 5.41 Å². The minimum Gasteiger partial charge on any atom is -0.0845 e. The highest BCUT2D eigenvalue weighted by atomic mass is 14.2. The number of hydrogen-bond acceptors (Lipinski definition) is 0. The van der Waals surface area contributed by atoms with Gasteiger partial charge in [0, 0.05) is 0 Å². The third kappa shape index (κ3) is 8.22. The summed E-state index contributed by atoms with van der Waals surface area (Å²) in [6.07, 6.45) is 11.4. The lowest BCUT2D eigenvalue weighted by atomic mass is 9.86. The molecule has 22 heavy (non-hydrogen) atoms. The molecule has 0 aromatic heterocycles. The van der Waals surface area contributed by atoms with Gasteiger partial charge in [0.25, 0.3) is 0 Å². The highest BCUT2D eigenvalue weighted by Crippen LogP contribution is 2.23. The number of benzene rings is 1. The second kappa shape index (κ2) is 11.3. The monoisotopic (exact) mass is 300 g/mol. The summed E-state index contributed by atoms with van der Waals surface area (Å²) in [6, 6.07) is 9.10. The zero-order valence-corrected chi connectivity index (χ0v) is 15.9. The molecule has 0 heterocycles. The maximum atomic E-state index is 2.38. The van der Waals surface area contributed by atoms with Crippen molar-refractivity contribution in [2.75, 3.05) is 0 Å². The van der Waals surface area contributed by atoms with Crippen LogP contribution in [-0.2, 0) is 11.8 Å². The van der Waals surface area contributed by atoms with Crippen LogP contribution in [0.3, 0.4) is 0 Å². The standard InChI is InChI=1S/C20H30.C2H6/c1-6-8-10-17(11-9-7-2)16-18-12-14-19(15-13-18)20(3,4)5;1-2/h8,10-15H,6-7,9,16H2,1-5H3;1-2H3/b10-8+,17-11+;. The van der Waals surface area contributed by atoms with Gasteiger partial charge in [-0.15, -0.1) is 0 Å². The second-order valence-corrected chi connectivity index (χ2v) is 6.50. The summed E-state index contributed by atoms with van der Waals surface area (Å²) in [6.45, 7) is 15.2. The number of unbranched alkanes of at least 4 members (excludes halogenated alkanes) is 1. The summed E-state index contributed by atoms with van der Waals surface area (Å²) in [5, 5.41) is 0. The first-order chi connectivity index (χ1) is 10.5. The molecular formula is C22H36. The van der Waals surface area contributed by atoms with E-state index in [1.165, 1.54) is 29.5 Å². The van der Waals surface area contributed by atoms with Crippen molar-refractivity contribution in [3.05, 3.63) is 59.2 Å². The van der Waals surface area contributed by atoms with E-state index in [4.69, 9.17) is 0 Å². The molecule has 0 fully saturated rings. The van der Waals surface area contributed by atoms with E-state index in [2.05, 4.69) is 77.1 Å². The van der Waals surface area contributed by atoms with E-state index < -0.39 is 0 Å². The smallest absolute Gasteiger partial charge is 0.00290 e. The Labute approximate surface area is 139 Å². The first kappa shape index (κ1) is 20.7. The molecule has 0 aliphatic carbocycles. The molecule has 0 unspecified atom stereocenters. The molecule has 0 bridgehead atoms. The first-order valence-electron chi connectivity index (χ1n) is 8.92. The SMILES string of the molecule is CC.CC/C=C/C(=C\CCC)Cc1ccc(C(C)(C)C)cc1. The van der Waals surface area contributed by atoms with Gasteiger partial charge in [-0.1, -0.05) is 97.4 Å². The number of allylic oxidation sites excluding steroid dienone is 4. The lowest BCUT2D eigenvalue weighted by molar-refractivity contribution is 0.590. The van der Waals surface area contributed by atoms with Crippen LogP contribution in [-0.4, -0.2) is 0 Å². The maximum Gasteiger partial charge on any atom is -0.00290 e. The lowest BCUT2D eigenvalue weighted by Gasteiger charge is -2.19. The summed E-state index contributed by atoms with van der Waals surface area (Å²) >= 11 is 0. The molecule has 0 saturated carbocycles. The zero-order chi connectivity index (χ0) is 17.0. The van der Waals surface area contributed by atoms with Crippen molar-refractivity contribution >= 4 is 0 Å². The molecule has 0 saturated heterocycles. The molecule has 0 nitrogen and oxygen atoms in total. The molecule has 0 aliphatic heterocycles. The Morgan fingerprint density at radius 2 is 1.59 bits per heavy atom. The van der Waals surface area contributed by atoms with Crippen LogP contribution in [0.1, 0.15) is 78.9 Å². The average molecular weight is 301 g/mol. The summed E-state index contributed by atoms with van der Waals surface area (Å²) in [4.78, 5) is 0. The molecule has 124 valence electrons. The molecule has 0 atom stereocenters. The highest BCUT2D eigenvalue weighted by Gasteiger charge is 2.12. The topological polar surface area (TPSA) is 0 Å². The molecule has 0 N–H and O–H groups in total.